The molecule has 1 aromatic heterocycles. The van der Waals surface area contributed by atoms with Gasteiger partial charge in [-0.15, -0.1) is 11.3 Å². The molecule has 1 N–H and O–H groups in total. The number of rotatable bonds is 5. The molecule has 0 amide bonds. The van der Waals surface area contributed by atoms with Gasteiger partial charge in [-0.1, -0.05) is 13.0 Å². The standard InChI is InChI=1S/C15H19FN2OS/c1-5-12-9(2)20-15(18-12)14(17-3)10-6-7-13(19-4)11(16)8-10/h6-8,14,17H,5H2,1-4H3. The lowest BCUT2D eigenvalue weighted by atomic mass is 10.1. The van der Waals surface area contributed by atoms with Gasteiger partial charge in [0.25, 0.3) is 0 Å². The van der Waals surface area contributed by atoms with Crippen molar-refractivity contribution in [2.45, 2.75) is 26.3 Å². The van der Waals surface area contributed by atoms with Gasteiger partial charge in [-0.25, -0.2) is 9.37 Å². The molecule has 2 aromatic rings. The maximum atomic E-state index is 13.8. The molecule has 0 aliphatic rings. The molecule has 1 aromatic carbocycles. The second-order valence-electron chi connectivity index (χ2n) is 4.52. The number of halogens is 1. The van der Waals surface area contributed by atoms with Gasteiger partial charge in [-0.3, -0.25) is 0 Å². The highest BCUT2D eigenvalue weighted by molar-refractivity contribution is 7.11. The molecule has 0 saturated heterocycles. The van der Waals surface area contributed by atoms with Crippen molar-refractivity contribution in [2.75, 3.05) is 14.2 Å². The van der Waals surface area contributed by atoms with Crippen molar-refractivity contribution in [1.82, 2.24) is 10.3 Å². The van der Waals surface area contributed by atoms with E-state index >= 15 is 0 Å². The first-order chi connectivity index (χ1) is 9.60. The van der Waals surface area contributed by atoms with Crippen molar-refractivity contribution in [3.63, 3.8) is 0 Å². The summed E-state index contributed by atoms with van der Waals surface area (Å²) in [5.41, 5.74) is 1.96. The highest BCUT2D eigenvalue weighted by atomic mass is 32.1. The van der Waals surface area contributed by atoms with Crippen molar-refractivity contribution in [3.8, 4) is 5.75 Å². The third kappa shape index (κ3) is 2.83. The molecule has 1 atom stereocenters. The smallest absolute Gasteiger partial charge is 0.165 e. The fraction of sp³-hybridized carbons (Fsp3) is 0.400. The van der Waals surface area contributed by atoms with Gasteiger partial charge < -0.3 is 10.1 Å². The van der Waals surface area contributed by atoms with Crippen LogP contribution in [0.5, 0.6) is 5.75 Å². The summed E-state index contributed by atoms with van der Waals surface area (Å²) < 4.78 is 18.8. The van der Waals surface area contributed by atoms with Gasteiger partial charge in [0.1, 0.15) is 5.01 Å². The Morgan fingerprint density at radius 2 is 2.20 bits per heavy atom. The first-order valence-electron chi connectivity index (χ1n) is 6.57. The van der Waals surface area contributed by atoms with E-state index in [9.17, 15) is 4.39 Å². The minimum Gasteiger partial charge on any atom is -0.494 e. The van der Waals surface area contributed by atoms with E-state index in [1.807, 2.05) is 13.1 Å². The van der Waals surface area contributed by atoms with Crippen LogP contribution in [0, 0.1) is 12.7 Å². The second kappa shape index (κ2) is 6.33. The molecule has 20 heavy (non-hydrogen) atoms. The molecule has 0 radical (unpaired) electrons. The van der Waals surface area contributed by atoms with Crippen molar-refractivity contribution in [3.05, 3.63) is 45.2 Å². The molecule has 3 nitrogen and oxygen atoms in total. The van der Waals surface area contributed by atoms with E-state index in [0.29, 0.717) is 0 Å². The van der Waals surface area contributed by atoms with Crippen molar-refractivity contribution in [2.24, 2.45) is 0 Å². The van der Waals surface area contributed by atoms with E-state index in [4.69, 9.17) is 4.74 Å². The first kappa shape index (κ1) is 14.9. The Kier molecular flexibility index (Phi) is 4.73. The van der Waals surface area contributed by atoms with Gasteiger partial charge in [0, 0.05) is 4.88 Å². The summed E-state index contributed by atoms with van der Waals surface area (Å²) in [5, 5.41) is 4.17. The number of nitrogens with zero attached hydrogens (tertiary/aromatic N) is 1. The zero-order chi connectivity index (χ0) is 14.7. The van der Waals surface area contributed by atoms with Crippen LogP contribution in [-0.2, 0) is 6.42 Å². The number of aryl methyl sites for hydroxylation is 2. The van der Waals surface area contributed by atoms with Crippen LogP contribution in [0.25, 0.3) is 0 Å². The van der Waals surface area contributed by atoms with Crippen LogP contribution in [-0.4, -0.2) is 19.1 Å². The minimum absolute atomic E-state index is 0.0978. The summed E-state index contributed by atoms with van der Waals surface area (Å²) in [6.07, 6.45) is 0.912. The average Bonchev–Trinajstić information content (AvgIpc) is 2.81. The number of aromatic nitrogens is 1. The summed E-state index contributed by atoms with van der Waals surface area (Å²) in [6, 6.07) is 4.92. The third-order valence-electron chi connectivity index (χ3n) is 3.29. The summed E-state index contributed by atoms with van der Waals surface area (Å²) in [4.78, 5) is 5.87. The molecule has 2 rings (SSSR count). The molecule has 0 bridgehead atoms. The van der Waals surface area contributed by atoms with Gasteiger partial charge >= 0.3 is 0 Å². The lowest BCUT2D eigenvalue weighted by Gasteiger charge is -2.14. The SMILES string of the molecule is CCc1nc(C(NC)c2ccc(OC)c(F)c2)sc1C. The van der Waals surface area contributed by atoms with Crippen LogP contribution in [0.3, 0.4) is 0 Å². The van der Waals surface area contributed by atoms with Crippen LogP contribution in [0.15, 0.2) is 18.2 Å². The lowest BCUT2D eigenvalue weighted by molar-refractivity contribution is 0.386. The first-order valence-corrected chi connectivity index (χ1v) is 7.39. The summed E-state index contributed by atoms with van der Waals surface area (Å²) in [5.74, 6) is -0.0950. The zero-order valence-corrected chi connectivity index (χ0v) is 13.0. The zero-order valence-electron chi connectivity index (χ0n) is 12.2. The Labute approximate surface area is 122 Å². The van der Waals surface area contributed by atoms with E-state index in [1.54, 1.807) is 17.4 Å². The minimum atomic E-state index is -0.353. The number of methoxy groups -OCH3 is 1. The Balaban J connectivity index is 2.38. The largest absolute Gasteiger partial charge is 0.494 e. The summed E-state index contributed by atoms with van der Waals surface area (Å²) in [7, 11) is 3.32. The van der Waals surface area contributed by atoms with Gasteiger partial charge in [-0.2, -0.15) is 0 Å². The van der Waals surface area contributed by atoms with E-state index in [-0.39, 0.29) is 17.6 Å². The van der Waals surface area contributed by atoms with E-state index < -0.39 is 0 Å². The van der Waals surface area contributed by atoms with Gasteiger partial charge in [0.05, 0.1) is 18.8 Å². The fourth-order valence-electron chi connectivity index (χ4n) is 2.20. The second-order valence-corrected chi connectivity index (χ2v) is 5.76. The molecular formula is C15H19FN2OS. The topological polar surface area (TPSA) is 34.2 Å². The predicted octanol–water partition coefficient (Wildman–Crippen LogP) is 3.47. The molecule has 5 heteroatoms. The van der Waals surface area contributed by atoms with Crippen molar-refractivity contribution in [1.29, 1.82) is 0 Å². The van der Waals surface area contributed by atoms with Crippen molar-refractivity contribution < 1.29 is 9.13 Å². The average molecular weight is 294 g/mol. The van der Waals surface area contributed by atoms with Gasteiger partial charge in [0.15, 0.2) is 11.6 Å². The van der Waals surface area contributed by atoms with Crippen LogP contribution in [0.4, 0.5) is 4.39 Å². The number of benzene rings is 1. The molecule has 0 saturated carbocycles. The number of hydrogen-bond donors (Lipinski definition) is 1. The summed E-state index contributed by atoms with van der Waals surface area (Å²) in [6.45, 7) is 4.16. The van der Waals surface area contributed by atoms with E-state index in [0.717, 1.165) is 22.7 Å². The normalized spacial score (nSPS) is 12.4. The van der Waals surface area contributed by atoms with Crippen molar-refractivity contribution >= 4 is 11.3 Å². The lowest BCUT2D eigenvalue weighted by Crippen LogP contribution is -2.17. The summed E-state index contributed by atoms with van der Waals surface area (Å²) >= 11 is 1.65. The predicted molar refractivity (Wildman–Crippen MR) is 80.1 cm³/mol. The number of ether oxygens (including phenoxy) is 1. The molecule has 1 unspecified atom stereocenters. The van der Waals surface area contributed by atoms with Crippen LogP contribution in [0.2, 0.25) is 0 Å². The monoisotopic (exact) mass is 294 g/mol. The molecule has 0 fully saturated rings. The quantitative estimate of drug-likeness (QED) is 0.917. The number of nitrogens with one attached hydrogen (secondary N) is 1. The maximum absolute atomic E-state index is 13.8. The Hall–Kier alpha value is -1.46. The van der Waals surface area contributed by atoms with E-state index in [1.165, 1.54) is 18.1 Å². The molecule has 108 valence electrons. The van der Waals surface area contributed by atoms with Crippen LogP contribution < -0.4 is 10.1 Å². The Bertz CT molecular complexity index is 598. The highest BCUT2D eigenvalue weighted by Gasteiger charge is 2.19. The fourth-order valence-corrected chi connectivity index (χ4v) is 3.35. The molecule has 0 spiro atoms. The molecular weight excluding hydrogens is 275 g/mol. The van der Waals surface area contributed by atoms with Crippen LogP contribution in [0.1, 0.15) is 34.1 Å². The third-order valence-corrected chi connectivity index (χ3v) is 4.37. The highest BCUT2D eigenvalue weighted by Crippen LogP contribution is 2.30. The van der Waals surface area contributed by atoms with Crippen LogP contribution >= 0.6 is 11.3 Å². The molecule has 0 aliphatic heterocycles. The number of hydrogen-bond acceptors (Lipinski definition) is 4. The number of thiazole rings is 1. The van der Waals surface area contributed by atoms with Gasteiger partial charge in [-0.05, 0) is 38.1 Å². The maximum Gasteiger partial charge on any atom is 0.165 e. The molecule has 0 aliphatic carbocycles. The Morgan fingerprint density at radius 1 is 1.45 bits per heavy atom. The van der Waals surface area contributed by atoms with E-state index in [2.05, 4.69) is 24.1 Å². The van der Waals surface area contributed by atoms with Gasteiger partial charge in [0.2, 0.25) is 0 Å². The molecule has 1 heterocycles. The Morgan fingerprint density at radius 3 is 2.70 bits per heavy atom.